The maximum atomic E-state index is 13.8. The molecule has 2 aliphatic carbocycles. The number of likely N-dealkylation sites (tertiary alicyclic amines) is 1. The number of rotatable bonds is 7. The molecule has 3 fully saturated rings. The predicted octanol–water partition coefficient (Wildman–Crippen LogP) is 4.52. The molecule has 0 unspecified atom stereocenters. The van der Waals surface area contributed by atoms with Gasteiger partial charge in [-0.2, -0.15) is 18.3 Å². The zero-order valence-corrected chi connectivity index (χ0v) is 26.7. The van der Waals surface area contributed by atoms with Crippen LogP contribution < -0.4 is 16.4 Å². The van der Waals surface area contributed by atoms with Crippen LogP contribution in [0.4, 0.5) is 32.4 Å². The number of piperidine rings is 1. The van der Waals surface area contributed by atoms with Crippen LogP contribution in [0.5, 0.6) is 0 Å². The van der Waals surface area contributed by atoms with Crippen molar-refractivity contribution in [2.24, 2.45) is 12.8 Å². The average Bonchev–Trinajstić information content (AvgIpc) is 3.30. The molecule has 2 aromatic heterocycles. The van der Waals surface area contributed by atoms with Gasteiger partial charge in [0.15, 0.2) is 11.5 Å². The number of halogens is 6. The number of nitrogens with one attached hydrogen (secondary N) is 2. The molecule has 6 rings (SSSR count). The van der Waals surface area contributed by atoms with Crippen LogP contribution in [0.25, 0.3) is 11.3 Å². The van der Waals surface area contributed by atoms with Gasteiger partial charge in [-0.15, -0.1) is 0 Å². The first-order valence-electron chi connectivity index (χ1n) is 15.3. The molecule has 0 radical (unpaired) electrons. The minimum atomic E-state index is -4.94. The topological polar surface area (TPSA) is 143 Å². The van der Waals surface area contributed by atoms with Crippen molar-refractivity contribution < 1.29 is 36.3 Å². The van der Waals surface area contributed by atoms with Crippen molar-refractivity contribution in [3.8, 4) is 11.3 Å². The van der Waals surface area contributed by atoms with E-state index in [9.17, 15) is 36.3 Å². The summed E-state index contributed by atoms with van der Waals surface area (Å²) in [6.45, 7) is 0.966. The van der Waals surface area contributed by atoms with Gasteiger partial charge in [0.25, 0.3) is 17.7 Å². The monoisotopic (exact) mass is 697 g/mol. The van der Waals surface area contributed by atoms with Crippen LogP contribution in [0, 0.1) is 0 Å². The summed E-state index contributed by atoms with van der Waals surface area (Å²) >= 11 is 6.45. The molecular weight excluding hydrogens is 665 g/mol. The number of amides is 4. The van der Waals surface area contributed by atoms with E-state index in [1.165, 1.54) is 25.2 Å². The maximum absolute atomic E-state index is 13.8. The molecule has 4 amide bonds. The Morgan fingerprint density at radius 2 is 1.81 bits per heavy atom. The minimum absolute atomic E-state index is 0.0554. The summed E-state index contributed by atoms with van der Waals surface area (Å²) in [5, 5.41) is 8.99. The van der Waals surface area contributed by atoms with Crippen LogP contribution in [0.15, 0.2) is 30.6 Å². The number of aromatic nitrogens is 4. The standard InChI is InChI=1S/C30H33ClF5N9O3/c1-42(18-5-7-44(8-6-18)28(48)40-17-9-15(37)10-17)27(47)19-4-3-16(11-21(19)31)39-26(46)25-38-13-22(43(25)2)20-14-45(23-12-29(23,32)33)41-24(20)30(34,35)36/h3-4,11,13-15,17-18,23H,5-10,12,37H2,1-2H3,(H,39,46)(H,40,48)/t15?,17?,23-/m1/s1. The predicted molar refractivity (Wildman–Crippen MR) is 164 cm³/mol. The fourth-order valence-electron chi connectivity index (χ4n) is 6.12. The van der Waals surface area contributed by atoms with E-state index in [4.69, 9.17) is 17.3 Å². The van der Waals surface area contributed by atoms with E-state index in [0.717, 1.165) is 29.8 Å². The molecule has 0 bridgehead atoms. The van der Waals surface area contributed by atoms with E-state index >= 15 is 0 Å². The van der Waals surface area contributed by atoms with Gasteiger partial charge >= 0.3 is 12.2 Å². The first-order valence-corrected chi connectivity index (χ1v) is 15.7. The first-order chi connectivity index (χ1) is 22.5. The zero-order valence-electron chi connectivity index (χ0n) is 25.9. The molecule has 258 valence electrons. The summed E-state index contributed by atoms with van der Waals surface area (Å²) in [4.78, 5) is 46.2. The van der Waals surface area contributed by atoms with E-state index < -0.39 is 41.7 Å². The Kier molecular flexibility index (Phi) is 8.64. The Labute approximate surface area is 276 Å². The number of hydrogen-bond acceptors (Lipinski definition) is 6. The lowest BCUT2D eigenvalue weighted by Gasteiger charge is -2.39. The summed E-state index contributed by atoms with van der Waals surface area (Å²) in [7, 11) is 2.97. The van der Waals surface area contributed by atoms with Crippen molar-refractivity contribution in [2.45, 2.75) is 68.4 Å². The molecule has 4 N–H and O–H groups in total. The number of nitrogens with two attached hydrogens (primary N) is 1. The highest BCUT2D eigenvalue weighted by Crippen LogP contribution is 2.53. The summed E-state index contributed by atoms with van der Waals surface area (Å²) in [5.74, 6) is -4.55. The molecule has 3 aliphatic rings. The van der Waals surface area contributed by atoms with E-state index in [0.29, 0.717) is 30.6 Å². The van der Waals surface area contributed by atoms with Crippen molar-refractivity contribution in [1.29, 1.82) is 0 Å². The number of hydrogen-bond donors (Lipinski definition) is 3. The lowest BCUT2D eigenvalue weighted by Crippen LogP contribution is -2.56. The van der Waals surface area contributed by atoms with Gasteiger partial charge in [-0.05, 0) is 43.9 Å². The van der Waals surface area contributed by atoms with E-state index in [-0.39, 0.29) is 57.9 Å². The van der Waals surface area contributed by atoms with Gasteiger partial charge < -0.3 is 30.7 Å². The molecule has 1 aromatic carbocycles. The highest BCUT2D eigenvalue weighted by molar-refractivity contribution is 6.34. The number of imidazole rings is 1. The van der Waals surface area contributed by atoms with E-state index in [2.05, 4.69) is 20.7 Å². The Morgan fingerprint density at radius 3 is 2.40 bits per heavy atom. The summed E-state index contributed by atoms with van der Waals surface area (Å²) in [5.41, 5.74) is 4.15. The SMILES string of the molecule is CN(C(=O)c1ccc(NC(=O)c2ncc(-c3cn([C@@H]4CC4(F)F)nc3C(F)(F)F)n2C)cc1Cl)C1CCN(C(=O)NC2CC(N)C2)CC1. The van der Waals surface area contributed by atoms with Crippen LogP contribution in [0.3, 0.4) is 0 Å². The fraction of sp³-hybridized carbons (Fsp3) is 0.500. The number of alkyl halides is 5. The highest BCUT2D eigenvalue weighted by atomic mass is 35.5. The maximum Gasteiger partial charge on any atom is 0.435 e. The number of benzene rings is 1. The number of nitrogens with zero attached hydrogens (tertiary/aromatic N) is 6. The lowest BCUT2D eigenvalue weighted by atomic mass is 9.88. The summed E-state index contributed by atoms with van der Waals surface area (Å²) in [6.07, 6.45) is -0.969. The Morgan fingerprint density at radius 1 is 1.15 bits per heavy atom. The van der Waals surface area contributed by atoms with Gasteiger partial charge in [0.2, 0.25) is 0 Å². The van der Waals surface area contributed by atoms with Crippen molar-refractivity contribution in [3.05, 3.63) is 52.7 Å². The third-order valence-electron chi connectivity index (χ3n) is 9.16. The Balaban J connectivity index is 1.09. The number of urea groups is 1. The van der Waals surface area contributed by atoms with Crippen LogP contribution in [-0.2, 0) is 13.2 Å². The van der Waals surface area contributed by atoms with Gasteiger partial charge in [-0.25, -0.2) is 18.6 Å². The Bertz CT molecular complexity index is 1750. The quantitative estimate of drug-likeness (QED) is 0.310. The van der Waals surface area contributed by atoms with Crippen LogP contribution in [-0.4, -0.2) is 91.2 Å². The molecule has 0 spiro atoms. The molecule has 2 saturated carbocycles. The highest BCUT2D eigenvalue weighted by Gasteiger charge is 2.59. The molecule has 18 heteroatoms. The van der Waals surface area contributed by atoms with Crippen LogP contribution in [0.1, 0.15) is 64.8 Å². The second kappa shape index (κ2) is 12.3. The van der Waals surface area contributed by atoms with Gasteiger partial charge in [-0.3, -0.25) is 14.3 Å². The molecule has 3 aromatic rings. The lowest BCUT2D eigenvalue weighted by molar-refractivity contribution is -0.141. The second-order valence-electron chi connectivity index (χ2n) is 12.5. The first kappa shape index (κ1) is 33.6. The molecular formula is C30H33ClF5N9O3. The molecule has 1 atom stereocenters. The average molecular weight is 698 g/mol. The Hall–Kier alpha value is -4.25. The van der Waals surface area contributed by atoms with Gasteiger partial charge in [-0.1, -0.05) is 11.6 Å². The van der Waals surface area contributed by atoms with Gasteiger partial charge in [0.1, 0.15) is 6.04 Å². The number of anilines is 1. The largest absolute Gasteiger partial charge is 0.435 e. The third kappa shape index (κ3) is 6.57. The molecule has 3 heterocycles. The normalized spacial score (nSPS) is 22.2. The summed E-state index contributed by atoms with van der Waals surface area (Å²) < 4.78 is 70.1. The van der Waals surface area contributed by atoms with Gasteiger partial charge in [0, 0.05) is 63.6 Å². The summed E-state index contributed by atoms with van der Waals surface area (Å²) in [6, 6.07) is 2.75. The second-order valence-corrected chi connectivity index (χ2v) is 12.9. The van der Waals surface area contributed by atoms with Crippen molar-refractivity contribution in [1.82, 2.24) is 34.4 Å². The van der Waals surface area contributed by atoms with Gasteiger partial charge in [0.05, 0.1) is 28.0 Å². The molecule has 48 heavy (non-hydrogen) atoms. The number of carbonyl (C=O) groups is 3. The van der Waals surface area contributed by atoms with E-state index in [1.807, 2.05) is 0 Å². The van der Waals surface area contributed by atoms with Crippen molar-refractivity contribution in [3.63, 3.8) is 0 Å². The van der Waals surface area contributed by atoms with Crippen LogP contribution >= 0.6 is 11.6 Å². The molecule has 12 nitrogen and oxygen atoms in total. The molecule has 1 aliphatic heterocycles. The van der Waals surface area contributed by atoms with Crippen LogP contribution in [0.2, 0.25) is 5.02 Å². The van der Waals surface area contributed by atoms with Crippen molar-refractivity contribution >= 4 is 35.1 Å². The van der Waals surface area contributed by atoms with E-state index in [1.54, 1.807) is 16.8 Å². The minimum Gasteiger partial charge on any atom is -0.339 e. The third-order valence-corrected chi connectivity index (χ3v) is 9.47. The smallest absolute Gasteiger partial charge is 0.339 e. The van der Waals surface area contributed by atoms with Crippen molar-refractivity contribution in [2.75, 3.05) is 25.5 Å². The fourth-order valence-corrected chi connectivity index (χ4v) is 6.38. The number of carbonyl (C=O) groups excluding carboxylic acids is 3. The zero-order chi connectivity index (χ0) is 34.7. The molecule has 1 saturated heterocycles.